The summed E-state index contributed by atoms with van der Waals surface area (Å²) >= 11 is 0. The number of alkyl carbamates (subject to hydrolysis) is 1. The topological polar surface area (TPSA) is 70.6 Å². The standard InChI is InChI=1S/C24H34N2O3/c1-19(2)10-9-15-25-17-23(27)22(16-20-11-5-3-6-12-20)26-24(28)29-18-21-13-7-4-8-14-21/h3-8,11-14,19,22-23,25,27H,9-10,15-18H2,1-2H3,(H,26,28)/t22-,23+/m0/s1. The molecule has 0 radical (unpaired) electrons. The monoisotopic (exact) mass is 398 g/mol. The van der Waals surface area contributed by atoms with Crippen LogP contribution in [0, 0.1) is 5.92 Å². The number of rotatable bonds is 12. The first-order valence-corrected chi connectivity index (χ1v) is 10.4. The van der Waals surface area contributed by atoms with Crippen molar-refractivity contribution in [2.75, 3.05) is 13.1 Å². The van der Waals surface area contributed by atoms with Gasteiger partial charge >= 0.3 is 6.09 Å². The Labute approximate surface area is 174 Å². The molecule has 158 valence electrons. The highest BCUT2D eigenvalue weighted by molar-refractivity contribution is 5.67. The van der Waals surface area contributed by atoms with Crippen LogP contribution >= 0.6 is 0 Å². The predicted molar refractivity (Wildman–Crippen MR) is 117 cm³/mol. The predicted octanol–water partition coefficient (Wildman–Crippen LogP) is 3.91. The fourth-order valence-electron chi connectivity index (χ4n) is 3.09. The lowest BCUT2D eigenvalue weighted by Crippen LogP contribution is -2.49. The molecule has 0 heterocycles. The SMILES string of the molecule is CC(C)CCCNC[C@@H](O)[C@H](Cc1ccccc1)NC(=O)OCc1ccccc1. The van der Waals surface area contributed by atoms with Gasteiger partial charge in [-0.1, -0.05) is 74.5 Å². The molecule has 5 nitrogen and oxygen atoms in total. The summed E-state index contributed by atoms with van der Waals surface area (Å²) in [6.07, 6.45) is 1.53. The molecular formula is C24H34N2O3. The molecule has 1 amide bonds. The summed E-state index contributed by atoms with van der Waals surface area (Å²) in [7, 11) is 0. The lowest BCUT2D eigenvalue weighted by molar-refractivity contribution is 0.100. The minimum Gasteiger partial charge on any atom is -0.445 e. The lowest BCUT2D eigenvalue weighted by atomic mass is 10.0. The molecule has 0 saturated carbocycles. The summed E-state index contributed by atoms with van der Waals surface area (Å²) < 4.78 is 5.33. The smallest absolute Gasteiger partial charge is 0.407 e. The third-order valence-corrected chi connectivity index (χ3v) is 4.77. The lowest BCUT2D eigenvalue weighted by Gasteiger charge is -2.24. The number of carbonyl (C=O) groups excluding carboxylic acids is 1. The minimum absolute atomic E-state index is 0.203. The average Bonchev–Trinajstić information content (AvgIpc) is 2.72. The van der Waals surface area contributed by atoms with E-state index in [4.69, 9.17) is 4.74 Å². The van der Waals surface area contributed by atoms with Crippen LogP contribution in [0.5, 0.6) is 0 Å². The maximum atomic E-state index is 12.3. The van der Waals surface area contributed by atoms with E-state index in [1.807, 2.05) is 60.7 Å². The summed E-state index contributed by atoms with van der Waals surface area (Å²) in [6, 6.07) is 19.0. The van der Waals surface area contributed by atoms with Crippen molar-refractivity contribution >= 4 is 6.09 Å². The first-order valence-electron chi connectivity index (χ1n) is 10.4. The van der Waals surface area contributed by atoms with Crippen molar-refractivity contribution in [1.29, 1.82) is 0 Å². The van der Waals surface area contributed by atoms with E-state index >= 15 is 0 Å². The summed E-state index contributed by atoms with van der Waals surface area (Å²) in [6.45, 7) is 5.89. The summed E-state index contributed by atoms with van der Waals surface area (Å²) in [4.78, 5) is 12.3. The van der Waals surface area contributed by atoms with Crippen molar-refractivity contribution in [2.24, 2.45) is 5.92 Å². The van der Waals surface area contributed by atoms with E-state index in [9.17, 15) is 9.90 Å². The molecule has 0 saturated heterocycles. The molecule has 0 aliphatic heterocycles. The first-order chi connectivity index (χ1) is 14.0. The first kappa shape index (κ1) is 22.9. The number of hydrogen-bond donors (Lipinski definition) is 3. The zero-order valence-corrected chi connectivity index (χ0v) is 17.5. The van der Waals surface area contributed by atoms with Crippen LogP contribution in [0.1, 0.15) is 37.8 Å². The normalized spacial score (nSPS) is 13.1. The fraction of sp³-hybridized carbons (Fsp3) is 0.458. The largest absolute Gasteiger partial charge is 0.445 e. The van der Waals surface area contributed by atoms with Gasteiger partial charge in [-0.3, -0.25) is 0 Å². The molecule has 3 N–H and O–H groups in total. The van der Waals surface area contributed by atoms with E-state index < -0.39 is 18.2 Å². The Morgan fingerprint density at radius 3 is 2.24 bits per heavy atom. The van der Waals surface area contributed by atoms with Crippen molar-refractivity contribution in [2.45, 2.75) is 51.9 Å². The third kappa shape index (κ3) is 9.59. The molecule has 0 bridgehead atoms. The summed E-state index contributed by atoms with van der Waals surface area (Å²) in [5.74, 6) is 0.675. The number of nitrogens with one attached hydrogen (secondary N) is 2. The number of amides is 1. The molecule has 0 aliphatic carbocycles. The van der Waals surface area contributed by atoms with E-state index in [2.05, 4.69) is 24.5 Å². The van der Waals surface area contributed by atoms with Gasteiger partial charge in [0.1, 0.15) is 6.61 Å². The Morgan fingerprint density at radius 2 is 1.62 bits per heavy atom. The molecule has 2 aromatic carbocycles. The molecule has 2 atom stereocenters. The highest BCUT2D eigenvalue weighted by Gasteiger charge is 2.22. The van der Waals surface area contributed by atoms with Gasteiger partial charge < -0.3 is 20.5 Å². The van der Waals surface area contributed by atoms with Crippen LogP contribution in [0.3, 0.4) is 0 Å². The summed E-state index contributed by atoms with van der Waals surface area (Å²) in [5.41, 5.74) is 1.98. The van der Waals surface area contributed by atoms with E-state index in [1.165, 1.54) is 0 Å². The van der Waals surface area contributed by atoms with Crippen molar-refractivity contribution in [1.82, 2.24) is 10.6 Å². The Balaban J connectivity index is 1.86. The molecule has 2 aromatic rings. The number of carbonyl (C=O) groups is 1. The maximum Gasteiger partial charge on any atom is 0.407 e. The molecule has 0 spiro atoms. The van der Waals surface area contributed by atoms with E-state index in [1.54, 1.807) is 0 Å². The second kappa shape index (κ2) is 13.0. The van der Waals surface area contributed by atoms with Crippen molar-refractivity contribution < 1.29 is 14.6 Å². The van der Waals surface area contributed by atoms with Crippen molar-refractivity contribution in [3.8, 4) is 0 Å². The molecule has 2 rings (SSSR count). The van der Waals surface area contributed by atoms with Gasteiger partial charge in [-0.2, -0.15) is 0 Å². The summed E-state index contributed by atoms with van der Waals surface area (Å²) in [5, 5.41) is 16.8. The van der Waals surface area contributed by atoms with Crippen LogP contribution in [0.15, 0.2) is 60.7 Å². The highest BCUT2D eigenvalue weighted by atomic mass is 16.5. The van der Waals surface area contributed by atoms with Gasteiger partial charge in [0, 0.05) is 6.54 Å². The van der Waals surface area contributed by atoms with E-state index in [0.29, 0.717) is 18.9 Å². The van der Waals surface area contributed by atoms with Crippen LogP contribution in [-0.2, 0) is 17.8 Å². The molecule has 5 heteroatoms. The van der Waals surface area contributed by atoms with Crippen LogP contribution < -0.4 is 10.6 Å². The second-order valence-corrected chi connectivity index (χ2v) is 7.81. The quantitative estimate of drug-likeness (QED) is 0.474. The van der Waals surface area contributed by atoms with Crippen LogP contribution in [0.25, 0.3) is 0 Å². The van der Waals surface area contributed by atoms with E-state index in [0.717, 1.165) is 30.5 Å². The van der Waals surface area contributed by atoms with Gasteiger partial charge in [-0.25, -0.2) is 4.79 Å². The Hall–Kier alpha value is -2.37. The number of benzene rings is 2. The Bertz CT molecular complexity index is 692. The van der Waals surface area contributed by atoms with Crippen LogP contribution in [0.4, 0.5) is 4.79 Å². The van der Waals surface area contributed by atoms with E-state index in [-0.39, 0.29) is 6.61 Å². The number of aliphatic hydroxyl groups is 1. The van der Waals surface area contributed by atoms with Gasteiger partial charge in [-0.15, -0.1) is 0 Å². The fourth-order valence-corrected chi connectivity index (χ4v) is 3.09. The maximum absolute atomic E-state index is 12.3. The number of aliphatic hydroxyl groups excluding tert-OH is 1. The Kier molecular flexibility index (Phi) is 10.2. The van der Waals surface area contributed by atoms with Gasteiger partial charge in [0.2, 0.25) is 0 Å². The number of ether oxygens (including phenoxy) is 1. The van der Waals surface area contributed by atoms with Gasteiger partial charge in [0.15, 0.2) is 0 Å². The van der Waals surface area contributed by atoms with Crippen molar-refractivity contribution in [3.63, 3.8) is 0 Å². The van der Waals surface area contributed by atoms with Gasteiger partial charge in [0.25, 0.3) is 0 Å². The van der Waals surface area contributed by atoms with Gasteiger partial charge in [0.05, 0.1) is 12.1 Å². The zero-order chi connectivity index (χ0) is 20.9. The minimum atomic E-state index is -0.710. The zero-order valence-electron chi connectivity index (χ0n) is 17.5. The molecular weight excluding hydrogens is 364 g/mol. The molecule has 0 unspecified atom stereocenters. The van der Waals surface area contributed by atoms with Crippen LogP contribution in [0.2, 0.25) is 0 Å². The molecule has 0 fully saturated rings. The second-order valence-electron chi connectivity index (χ2n) is 7.81. The molecule has 0 aliphatic rings. The number of hydrogen-bond acceptors (Lipinski definition) is 4. The van der Waals surface area contributed by atoms with Crippen LogP contribution in [-0.4, -0.2) is 36.4 Å². The molecule has 29 heavy (non-hydrogen) atoms. The van der Waals surface area contributed by atoms with Crippen molar-refractivity contribution in [3.05, 3.63) is 71.8 Å². The third-order valence-electron chi connectivity index (χ3n) is 4.77. The average molecular weight is 399 g/mol. The van der Waals surface area contributed by atoms with Gasteiger partial charge in [-0.05, 0) is 42.9 Å². The Morgan fingerprint density at radius 1 is 1.00 bits per heavy atom. The molecule has 0 aromatic heterocycles. The highest BCUT2D eigenvalue weighted by Crippen LogP contribution is 2.08.